The Kier molecular flexibility index (Phi) is 37.8. The van der Waals surface area contributed by atoms with E-state index in [1.807, 2.05) is 0 Å². The molecule has 0 unspecified atom stereocenters. The van der Waals surface area contributed by atoms with Crippen molar-refractivity contribution in [3.63, 3.8) is 0 Å². The van der Waals surface area contributed by atoms with Crippen molar-refractivity contribution in [2.24, 2.45) is 10.8 Å². The zero-order valence-electron chi connectivity index (χ0n) is 33.4. The summed E-state index contributed by atoms with van der Waals surface area (Å²) in [6.07, 6.45) is 45.3. The summed E-state index contributed by atoms with van der Waals surface area (Å²) in [7, 11) is 0. The number of rotatable bonds is 35. The number of carbonyl (C=O) groups is 1. The molecule has 0 N–H and O–H groups in total. The van der Waals surface area contributed by atoms with E-state index >= 15 is 0 Å². The third-order valence-corrected chi connectivity index (χ3v) is 10.1. The van der Waals surface area contributed by atoms with Crippen LogP contribution in [-0.2, 0) is 17.4 Å². The Balaban J connectivity index is 0. The molecule has 0 aromatic heterocycles. The smallest absolute Gasteiger partial charge is 0.0181 e. The minimum Gasteiger partial charge on any atom is -0.741 e. The number of hydrogen-bond acceptors (Lipinski definition) is 2. The molecule has 0 saturated carbocycles. The lowest BCUT2D eigenvalue weighted by Gasteiger charge is -2.36. The lowest BCUT2D eigenvalue weighted by molar-refractivity contribution is -0.121. The van der Waals surface area contributed by atoms with Gasteiger partial charge < -0.3 is 17.4 Å². The van der Waals surface area contributed by atoms with E-state index in [0.29, 0.717) is 5.41 Å². The van der Waals surface area contributed by atoms with Gasteiger partial charge in [-0.1, -0.05) is 248 Å². The second kappa shape index (κ2) is 36.2. The maximum atomic E-state index is 13.0. The highest BCUT2D eigenvalue weighted by Crippen LogP contribution is 2.38. The molecular formula is C44H89OS-. The molecule has 2 heteroatoms. The van der Waals surface area contributed by atoms with Crippen molar-refractivity contribution in [3.8, 4) is 0 Å². The van der Waals surface area contributed by atoms with Crippen molar-refractivity contribution in [1.29, 1.82) is 0 Å². The van der Waals surface area contributed by atoms with E-state index in [4.69, 9.17) is 12.6 Å². The average molecular weight is 666 g/mol. The summed E-state index contributed by atoms with van der Waals surface area (Å²) in [5, 5.41) is 0.0939. The Labute approximate surface area is 299 Å². The molecule has 46 heavy (non-hydrogen) atoms. The largest absolute Gasteiger partial charge is 0.741 e. The molecule has 0 atom stereocenters. The first-order valence-corrected chi connectivity index (χ1v) is 21.7. The minimum atomic E-state index is -0.199. The predicted octanol–water partition coefficient (Wildman–Crippen LogP) is 16.4. The minimum absolute atomic E-state index is 0.0939. The summed E-state index contributed by atoms with van der Waals surface area (Å²) < 4.78 is 0. The van der Waals surface area contributed by atoms with E-state index in [1.54, 1.807) is 0 Å². The molecule has 278 valence electrons. The molecule has 0 aromatic carbocycles. The van der Waals surface area contributed by atoms with Gasteiger partial charge in [-0.3, -0.25) is 0 Å². The van der Waals surface area contributed by atoms with E-state index in [0.717, 1.165) is 19.3 Å². The average Bonchev–Trinajstić information content (AvgIpc) is 3.00. The van der Waals surface area contributed by atoms with Crippen LogP contribution in [0.25, 0.3) is 0 Å². The summed E-state index contributed by atoms with van der Waals surface area (Å²) in [6.45, 7) is 15.6. The van der Waals surface area contributed by atoms with Crippen LogP contribution in [0.15, 0.2) is 0 Å². The van der Waals surface area contributed by atoms with Crippen molar-refractivity contribution in [2.45, 2.75) is 267 Å². The van der Waals surface area contributed by atoms with Crippen molar-refractivity contribution >= 4 is 17.7 Å². The highest BCUT2D eigenvalue weighted by Gasteiger charge is 2.29. The second-order valence-electron chi connectivity index (χ2n) is 16.7. The summed E-state index contributed by atoms with van der Waals surface area (Å²) in [6, 6.07) is 0. The predicted molar refractivity (Wildman–Crippen MR) is 214 cm³/mol. The number of unbranched alkanes of at least 4 members (excludes halogenated alkanes) is 28. The highest BCUT2D eigenvalue weighted by atomic mass is 32.1. The fourth-order valence-electron chi connectivity index (χ4n) is 6.71. The summed E-state index contributed by atoms with van der Waals surface area (Å²) in [5.74, 6) is 0. The van der Waals surface area contributed by atoms with Crippen molar-refractivity contribution in [2.75, 3.05) is 0 Å². The topological polar surface area (TPSA) is 17.1 Å². The molecule has 0 bridgehead atoms. The molecule has 0 rings (SSSR count). The second-order valence-corrected chi connectivity index (χ2v) is 17.1. The molecule has 0 aliphatic carbocycles. The lowest BCUT2D eigenvalue weighted by Crippen LogP contribution is -2.30. The summed E-state index contributed by atoms with van der Waals surface area (Å²) in [5.41, 5.74) is 0.301. The van der Waals surface area contributed by atoms with E-state index < -0.39 is 0 Å². The Bertz CT molecular complexity index is 561. The van der Waals surface area contributed by atoms with Crippen LogP contribution in [0.4, 0.5) is 0 Å². The summed E-state index contributed by atoms with van der Waals surface area (Å²) in [4.78, 5) is 13.0. The van der Waals surface area contributed by atoms with Crippen LogP contribution in [0, 0.1) is 10.8 Å². The van der Waals surface area contributed by atoms with Gasteiger partial charge in [-0.25, -0.2) is 0 Å². The highest BCUT2D eigenvalue weighted by molar-refractivity contribution is 7.77. The molecule has 0 fully saturated rings. The van der Waals surface area contributed by atoms with Crippen LogP contribution in [0.5, 0.6) is 0 Å². The first kappa shape index (κ1) is 48.0. The summed E-state index contributed by atoms with van der Waals surface area (Å²) >= 11 is 5.49. The van der Waals surface area contributed by atoms with Gasteiger partial charge in [-0.05, 0) is 24.7 Å². The molecule has 0 heterocycles. The van der Waals surface area contributed by atoms with Crippen LogP contribution < -0.4 is 0 Å². The van der Waals surface area contributed by atoms with Gasteiger partial charge in [0.2, 0.25) is 0 Å². The molecule has 0 saturated heterocycles. The van der Waals surface area contributed by atoms with Crippen LogP contribution in [0.1, 0.15) is 267 Å². The van der Waals surface area contributed by atoms with E-state index in [9.17, 15) is 4.79 Å². The maximum Gasteiger partial charge on any atom is 0.0181 e. The lowest BCUT2D eigenvalue weighted by atomic mass is 9.75. The van der Waals surface area contributed by atoms with Crippen molar-refractivity contribution < 1.29 is 4.79 Å². The van der Waals surface area contributed by atoms with Gasteiger partial charge >= 0.3 is 0 Å². The molecule has 1 nitrogen and oxygen atoms in total. The Morgan fingerprint density at radius 3 is 0.652 bits per heavy atom. The zero-order valence-corrected chi connectivity index (χ0v) is 34.2. The van der Waals surface area contributed by atoms with Crippen LogP contribution in [-0.4, -0.2) is 5.12 Å². The maximum absolute atomic E-state index is 13.0. The molecule has 0 amide bonds. The fourth-order valence-corrected chi connectivity index (χ4v) is 7.02. The van der Waals surface area contributed by atoms with Gasteiger partial charge in [0.05, 0.1) is 0 Å². The van der Waals surface area contributed by atoms with Crippen LogP contribution in [0.3, 0.4) is 0 Å². The zero-order chi connectivity index (χ0) is 34.6. The molecule has 0 aromatic rings. The first-order chi connectivity index (χ1) is 22.1. The van der Waals surface area contributed by atoms with Crippen molar-refractivity contribution in [1.82, 2.24) is 0 Å². The Morgan fingerprint density at radius 1 is 0.348 bits per heavy atom. The standard InChI is InChI=1S/C39H78OS.C5H12/c1-4-7-10-13-16-19-22-25-28-31-34-37-39(38(40)41,35-32-29-26-23-20-17-14-11-8-5-2)36-33-30-27-24-21-18-15-12-9-6-3;1-5(2,3)4/h4-37H2,1-3H3,(H,40,41);1-4H3/p-1. The third kappa shape index (κ3) is 38.3. The van der Waals surface area contributed by atoms with Gasteiger partial charge in [0.1, 0.15) is 0 Å². The van der Waals surface area contributed by atoms with E-state index in [2.05, 4.69) is 48.5 Å². The van der Waals surface area contributed by atoms with E-state index in [-0.39, 0.29) is 10.5 Å². The van der Waals surface area contributed by atoms with Gasteiger partial charge in [0.25, 0.3) is 0 Å². The monoisotopic (exact) mass is 666 g/mol. The Morgan fingerprint density at radius 2 is 0.500 bits per heavy atom. The van der Waals surface area contributed by atoms with Gasteiger partial charge in [-0.15, -0.1) is 0 Å². The fraction of sp³-hybridized carbons (Fsp3) is 0.977. The van der Waals surface area contributed by atoms with Crippen LogP contribution >= 0.6 is 0 Å². The van der Waals surface area contributed by atoms with Gasteiger partial charge in [0, 0.05) is 10.5 Å². The van der Waals surface area contributed by atoms with Gasteiger partial charge in [0.15, 0.2) is 0 Å². The first-order valence-electron chi connectivity index (χ1n) is 21.3. The molecular weight excluding hydrogens is 577 g/mol. The Hall–Kier alpha value is -0.110. The van der Waals surface area contributed by atoms with E-state index in [1.165, 1.54) is 199 Å². The van der Waals surface area contributed by atoms with Gasteiger partial charge in [-0.2, -0.15) is 0 Å². The molecule has 0 radical (unpaired) electrons. The number of hydrogen-bond donors (Lipinski definition) is 0. The third-order valence-electron chi connectivity index (χ3n) is 9.71. The van der Waals surface area contributed by atoms with Crippen LogP contribution in [0.2, 0.25) is 0 Å². The molecule has 0 aliphatic heterocycles. The molecule has 0 aliphatic rings. The number of carbonyl (C=O) groups excluding carboxylic acids is 1. The van der Waals surface area contributed by atoms with Crippen molar-refractivity contribution in [3.05, 3.63) is 0 Å². The normalized spacial score (nSPS) is 11.9. The SMILES string of the molecule is CC(C)(C)C.CCCCCCCCCCCCCC(CCCCCCCCCCCC)(CCCCCCCCCCCC)C(=O)[S-]. The molecule has 0 spiro atoms. The quantitative estimate of drug-likeness (QED) is 0.0495.